The number of hydrogen-bond donors (Lipinski definition) is 0. The Morgan fingerprint density at radius 1 is 1.13 bits per heavy atom. The highest BCUT2D eigenvalue weighted by atomic mass is 16.5. The van der Waals surface area contributed by atoms with E-state index in [-0.39, 0.29) is 17.8 Å². The molecule has 2 saturated heterocycles. The number of allylic oxidation sites excluding steroid dienone is 1. The van der Waals surface area contributed by atoms with Crippen molar-refractivity contribution in [3.8, 4) is 0 Å². The largest absolute Gasteiger partial charge is 0.467 e. The summed E-state index contributed by atoms with van der Waals surface area (Å²) in [6.45, 7) is 1.10. The van der Waals surface area contributed by atoms with Crippen molar-refractivity contribution in [1.29, 1.82) is 0 Å². The van der Waals surface area contributed by atoms with Crippen LogP contribution in [0.25, 0.3) is 0 Å². The zero-order valence-corrected chi connectivity index (χ0v) is 13.2. The van der Waals surface area contributed by atoms with Crippen LogP contribution in [0.3, 0.4) is 0 Å². The Morgan fingerprint density at radius 2 is 1.83 bits per heavy atom. The highest BCUT2D eigenvalue weighted by molar-refractivity contribution is 6.00. The number of methoxy groups -OCH3 is 1. The van der Waals surface area contributed by atoms with Gasteiger partial charge >= 0.3 is 5.97 Å². The molecular weight excluding hydrogens is 296 g/mol. The summed E-state index contributed by atoms with van der Waals surface area (Å²) in [7, 11) is 1.33. The summed E-state index contributed by atoms with van der Waals surface area (Å²) in [6.07, 6.45) is 7.98. The minimum atomic E-state index is -0.518. The molecule has 2 fully saturated rings. The third kappa shape index (κ3) is 2.82. The van der Waals surface area contributed by atoms with Crippen LogP contribution in [0.4, 0.5) is 0 Å². The molecule has 0 radical (unpaired) electrons. The summed E-state index contributed by atoms with van der Waals surface area (Å²) in [5, 5.41) is 0. The van der Waals surface area contributed by atoms with Gasteiger partial charge in [-0.2, -0.15) is 0 Å². The first kappa shape index (κ1) is 15.6. The number of hydrogen-bond acceptors (Lipinski definition) is 4. The second kappa shape index (κ2) is 6.42. The van der Waals surface area contributed by atoms with Crippen molar-refractivity contribution in [3.05, 3.63) is 29.5 Å². The predicted molar refractivity (Wildman–Crippen MR) is 82.2 cm³/mol. The molecule has 6 nitrogen and oxygen atoms in total. The van der Waals surface area contributed by atoms with Crippen LogP contribution in [-0.2, 0) is 19.1 Å². The molecular formula is C17H20N2O4. The Bertz CT molecular complexity index is 631. The van der Waals surface area contributed by atoms with Crippen LogP contribution in [0.2, 0.25) is 0 Å². The van der Waals surface area contributed by atoms with Gasteiger partial charge in [-0.1, -0.05) is 6.08 Å². The van der Waals surface area contributed by atoms with Gasteiger partial charge in [0.2, 0.25) is 5.91 Å². The van der Waals surface area contributed by atoms with Gasteiger partial charge in [-0.05, 0) is 37.8 Å². The van der Waals surface area contributed by atoms with E-state index >= 15 is 0 Å². The molecule has 0 bridgehead atoms. The molecule has 0 aromatic rings. The first-order valence-corrected chi connectivity index (χ1v) is 7.96. The van der Waals surface area contributed by atoms with E-state index in [4.69, 9.17) is 4.74 Å². The average Bonchev–Trinajstić information content (AvgIpc) is 3.33. The Labute approximate surface area is 135 Å². The van der Waals surface area contributed by atoms with Crippen LogP contribution >= 0.6 is 0 Å². The van der Waals surface area contributed by atoms with E-state index < -0.39 is 12.1 Å². The summed E-state index contributed by atoms with van der Waals surface area (Å²) >= 11 is 0. The van der Waals surface area contributed by atoms with Gasteiger partial charge in [-0.15, -0.1) is 5.73 Å². The van der Waals surface area contributed by atoms with Gasteiger partial charge in [-0.25, -0.2) is 4.79 Å². The summed E-state index contributed by atoms with van der Waals surface area (Å²) < 4.78 is 4.79. The highest BCUT2D eigenvalue weighted by Crippen LogP contribution is 2.26. The van der Waals surface area contributed by atoms with Crippen LogP contribution < -0.4 is 0 Å². The number of likely N-dealkylation sites (tertiary alicyclic amines) is 2. The van der Waals surface area contributed by atoms with E-state index in [0.717, 1.165) is 12.8 Å². The zero-order chi connectivity index (χ0) is 16.4. The molecule has 0 spiro atoms. The fourth-order valence-corrected chi connectivity index (χ4v) is 3.49. The summed E-state index contributed by atoms with van der Waals surface area (Å²) in [5.41, 5.74) is 3.37. The van der Waals surface area contributed by atoms with Crippen molar-refractivity contribution >= 4 is 17.8 Å². The lowest BCUT2D eigenvalue weighted by Gasteiger charge is -2.30. The van der Waals surface area contributed by atoms with Crippen LogP contribution in [0.15, 0.2) is 29.5 Å². The minimum absolute atomic E-state index is 0.143. The summed E-state index contributed by atoms with van der Waals surface area (Å²) in [4.78, 5) is 40.5. The van der Waals surface area contributed by atoms with Crippen LogP contribution in [-0.4, -0.2) is 59.9 Å². The maximum Gasteiger partial charge on any atom is 0.328 e. The van der Waals surface area contributed by atoms with Gasteiger partial charge in [-0.3, -0.25) is 9.59 Å². The molecule has 0 N–H and O–H groups in total. The highest BCUT2D eigenvalue weighted by Gasteiger charge is 2.42. The van der Waals surface area contributed by atoms with E-state index in [0.29, 0.717) is 31.5 Å². The molecule has 122 valence electrons. The number of nitrogens with zero attached hydrogens (tertiary/aromatic N) is 2. The van der Waals surface area contributed by atoms with E-state index in [2.05, 4.69) is 5.73 Å². The third-order valence-electron chi connectivity index (χ3n) is 4.64. The molecule has 3 aliphatic rings. The first-order valence-electron chi connectivity index (χ1n) is 7.96. The van der Waals surface area contributed by atoms with E-state index in [9.17, 15) is 14.4 Å². The smallest absolute Gasteiger partial charge is 0.328 e. The quantitative estimate of drug-likeness (QED) is 0.570. The lowest BCUT2D eigenvalue weighted by atomic mass is 10.1. The minimum Gasteiger partial charge on any atom is -0.467 e. The SMILES string of the molecule is COC(=O)[C@@H]1CCCN1C(=O)[C@@H]1CCCN1C(=O)C1=C=CC=C1. The van der Waals surface area contributed by atoms with Crippen molar-refractivity contribution < 1.29 is 19.1 Å². The predicted octanol–water partition coefficient (Wildman–Crippen LogP) is 0.793. The van der Waals surface area contributed by atoms with E-state index in [1.807, 2.05) is 0 Å². The van der Waals surface area contributed by atoms with Crippen molar-refractivity contribution in [1.82, 2.24) is 9.80 Å². The number of carbonyl (C=O) groups is 3. The van der Waals surface area contributed by atoms with Gasteiger partial charge in [0.25, 0.3) is 5.91 Å². The Hall–Kier alpha value is -2.33. The molecule has 0 aromatic heterocycles. The topological polar surface area (TPSA) is 66.9 Å². The molecule has 0 aromatic carbocycles. The second-order valence-electron chi connectivity index (χ2n) is 5.95. The molecule has 23 heavy (non-hydrogen) atoms. The van der Waals surface area contributed by atoms with E-state index in [1.165, 1.54) is 7.11 Å². The van der Waals surface area contributed by atoms with Crippen molar-refractivity contribution in [2.45, 2.75) is 37.8 Å². The lowest BCUT2D eigenvalue weighted by Crippen LogP contribution is -2.51. The molecule has 2 heterocycles. The number of amides is 2. The molecule has 0 saturated carbocycles. The standard InChI is InChI=1S/C17H20N2O4/c1-23-17(22)14-9-5-11-19(14)16(21)13-8-4-10-18(13)15(20)12-6-2-3-7-12/h2-3,6,13-14H,4-5,8-11H2,1H3/t13-,14-/m0/s1. The summed E-state index contributed by atoms with van der Waals surface area (Å²) in [5.74, 6) is -0.689. The third-order valence-corrected chi connectivity index (χ3v) is 4.64. The molecule has 1 aliphatic carbocycles. The lowest BCUT2D eigenvalue weighted by molar-refractivity contribution is -0.153. The van der Waals surface area contributed by atoms with Gasteiger partial charge < -0.3 is 14.5 Å². The van der Waals surface area contributed by atoms with Crippen molar-refractivity contribution in [2.75, 3.05) is 20.2 Å². The number of carbonyl (C=O) groups excluding carboxylic acids is 3. The zero-order valence-electron chi connectivity index (χ0n) is 13.2. The summed E-state index contributed by atoms with van der Waals surface area (Å²) in [6, 6.07) is -1.01. The van der Waals surface area contributed by atoms with Crippen LogP contribution in [0, 0.1) is 0 Å². The Morgan fingerprint density at radius 3 is 2.48 bits per heavy atom. The van der Waals surface area contributed by atoms with Gasteiger partial charge in [0.1, 0.15) is 12.1 Å². The molecule has 6 heteroatoms. The number of rotatable bonds is 3. The van der Waals surface area contributed by atoms with Crippen LogP contribution in [0.5, 0.6) is 0 Å². The van der Waals surface area contributed by atoms with Gasteiger partial charge in [0.05, 0.1) is 12.7 Å². The molecule has 2 amide bonds. The van der Waals surface area contributed by atoms with Gasteiger partial charge in [0, 0.05) is 13.1 Å². The van der Waals surface area contributed by atoms with E-state index in [1.54, 1.807) is 28.0 Å². The molecule has 0 unspecified atom stereocenters. The van der Waals surface area contributed by atoms with Crippen LogP contribution in [0.1, 0.15) is 25.7 Å². The first-order chi connectivity index (χ1) is 11.1. The Kier molecular flexibility index (Phi) is 4.35. The monoisotopic (exact) mass is 316 g/mol. The maximum absolute atomic E-state index is 12.9. The molecule has 2 aliphatic heterocycles. The fourth-order valence-electron chi connectivity index (χ4n) is 3.49. The fraction of sp³-hybridized carbons (Fsp3) is 0.529. The second-order valence-corrected chi connectivity index (χ2v) is 5.95. The average molecular weight is 316 g/mol. The Balaban J connectivity index is 1.75. The molecule has 2 atom stereocenters. The number of ether oxygens (including phenoxy) is 1. The number of esters is 1. The normalized spacial score (nSPS) is 25.9. The van der Waals surface area contributed by atoms with Gasteiger partial charge in [0.15, 0.2) is 0 Å². The maximum atomic E-state index is 12.9. The van der Waals surface area contributed by atoms with Crippen molar-refractivity contribution in [2.24, 2.45) is 0 Å². The van der Waals surface area contributed by atoms with Crippen molar-refractivity contribution in [3.63, 3.8) is 0 Å². The molecule has 3 rings (SSSR count).